The van der Waals surface area contributed by atoms with E-state index in [1.807, 2.05) is 38.5 Å². The van der Waals surface area contributed by atoms with E-state index in [9.17, 15) is 0 Å². The second-order valence-electron chi connectivity index (χ2n) is 3.28. The van der Waals surface area contributed by atoms with Gasteiger partial charge in [-0.2, -0.15) is 5.10 Å². The van der Waals surface area contributed by atoms with Gasteiger partial charge in [-0.25, -0.2) is 4.98 Å². The summed E-state index contributed by atoms with van der Waals surface area (Å²) in [5, 5.41) is 5.04. The molecule has 0 aliphatic heterocycles. The first-order valence-corrected chi connectivity index (χ1v) is 5.36. The molecular formula is C10H12N4S. The molecule has 0 aromatic carbocycles. The first kappa shape index (κ1) is 10.0. The molecule has 2 aromatic rings. The summed E-state index contributed by atoms with van der Waals surface area (Å²) in [6.45, 7) is 1.91. The van der Waals surface area contributed by atoms with Gasteiger partial charge in [0, 0.05) is 13.2 Å². The van der Waals surface area contributed by atoms with E-state index in [-0.39, 0.29) is 0 Å². The van der Waals surface area contributed by atoms with Crippen LogP contribution in [0.3, 0.4) is 0 Å². The first-order chi connectivity index (χ1) is 7.15. The number of nitrogens with two attached hydrogens (primary N) is 1. The Labute approximate surface area is 92.5 Å². The summed E-state index contributed by atoms with van der Waals surface area (Å²) < 4.78 is 1.77. The van der Waals surface area contributed by atoms with Gasteiger partial charge in [-0.1, -0.05) is 11.8 Å². The van der Waals surface area contributed by atoms with Crippen LogP contribution in [-0.2, 0) is 7.05 Å². The van der Waals surface area contributed by atoms with E-state index in [1.54, 1.807) is 16.4 Å². The largest absolute Gasteiger partial charge is 0.397 e. The molecule has 2 heterocycles. The van der Waals surface area contributed by atoms with Crippen molar-refractivity contribution in [1.82, 2.24) is 14.8 Å². The van der Waals surface area contributed by atoms with Gasteiger partial charge in [0.1, 0.15) is 5.03 Å². The van der Waals surface area contributed by atoms with E-state index in [4.69, 9.17) is 5.73 Å². The third-order valence-corrected chi connectivity index (χ3v) is 2.89. The normalized spacial score (nSPS) is 10.5. The van der Waals surface area contributed by atoms with E-state index >= 15 is 0 Å². The van der Waals surface area contributed by atoms with Crippen molar-refractivity contribution >= 4 is 17.4 Å². The molecule has 0 bridgehead atoms. The summed E-state index contributed by atoms with van der Waals surface area (Å²) in [7, 11) is 1.89. The fourth-order valence-corrected chi connectivity index (χ4v) is 2.04. The van der Waals surface area contributed by atoms with Gasteiger partial charge in [-0.05, 0) is 19.1 Å². The molecule has 0 radical (unpaired) electrons. The predicted molar refractivity (Wildman–Crippen MR) is 60.7 cm³/mol. The zero-order chi connectivity index (χ0) is 10.8. The molecule has 2 N–H and O–H groups in total. The number of hydrogen-bond donors (Lipinski definition) is 1. The molecular weight excluding hydrogens is 208 g/mol. The van der Waals surface area contributed by atoms with E-state index in [1.165, 1.54) is 0 Å². The SMILES string of the molecule is Cc1nc(Sc2cnn(C)c2)ccc1N. The fraction of sp³-hybridized carbons (Fsp3) is 0.200. The lowest BCUT2D eigenvalue weighted by Crippen LogP contribution is -1.92. The van der Waals surface area contributed by atoms with Crippen molar-refractivity contribution in [2.24, 2.45) is 7.05 Å². The number of nitrogen functional groups attached to an aromatic ring is 1. The molecule has 0 unspecified atom stereocenters. The van der Waals surface area contributed by atoms with Crippen molar-refractivity contribution in [1.29, 1.82) is 0 Å². The van der Waals surface area contributed by atoms with Crippen molar-refractivity contribution in [2.75, 3.05) is 5.73 Å². The average molecular weight is 220 g/mol. The van der Waals surface area contributed by atoms with Gasteiger partial charge in [0.15, 0.2) is 0 Å². The Kier molecular flexibility index (Phi) is 2.64. The van der Waals surface area contributed by atoms with Gasteiger partial charge in [-0.15, -0.1) is 0 Å². The van der Waals surface area contributed by atoms with Gasteiger partial charge in [-0.3, -0.25) is 4.68 Å². The highest BCUT2D eigenvalue weighted by molar-refractivity contribution is 7.99. The van der Waals surface area contributed by atoms with Gasteiger partial charge in [0.25, 0.3) is 0 Å². The highest BCUT2D eigenvalue weighted by atomic mass is 32.2. The molecule has 0 amide bonds. The quantitative estimate of drug-likeness (QED) is 0.839. The summed E-state index contributed by atoms with van der Waals surface area (Å²) in [5.41, 5.74) is 7.29. The van der Waals surface area contributed by atoms with E-state index in [0.717, 1.165) is 21.3 Å². The topological polar surface area (TPSA) is 56.7 Å². The van der Waals surface area contributed by atoms with Crippen LogP contribution in [0.1, 0.15) is 5.69 Å². The minimum atomic E-state index is 0.727. The monoisotopic (exact) mass is 220 g/mol. The van der Waals surface area contributed by atoms with Gasteiger partial charge >= 0.3 is 0 Å². The van der Waals surface area contributed by atoms with Crippen LogP contribution in [0, 0.1) is 6.92 Å². The van der Waals surface area contributed by atoms with E-state index < -0.39 is 0 Å². The molecule has 78 valence electrons. The van der Waals surface area contributed by atoms with Crippen LogP contribution in [0.2, 0.25) is 0 Å². The average Bonchev–Trinajstić information content (AvgIpc) is 2.58. The Morgan fingerprint density at radius 3 is 2.80 bits per heavy atom. The van der Waals surface area contributed by atoms with E-state index in [2.05, 4.69) is 10.1 Å². The van der Waals surface area contributed by atoms with Crippen LogP contribution in [0.4, 0.5) is 5.69 Å². The van der Waals surface area contributed by atoms with Crippen LogP contribution in [-0.4, -0.2) is 14.8 Å². The second-order valence-corrected chi connectivity index (χ2v) is 4.37. The number of anilines is 1. The maximum Gasteiger partial charge on any atom is 0.101 e. The summed E-state index contributed by atoms with van der Waals surface area (Å²) in [6.07, 6.45) is 3.77. The molecule has 15 heavy (non-hydrogen) atoms. The highest BCUT2D eigenvalue weighted by Gasteiger charge is 2.02. The standard InChI is InChI=1S/C10H12N4S/c1-7-9(11)3-4-10(13-7)15-8-5-12-14(2)6-8/h3-6H,11H2,1-2H3. The Morgan fingerprint density at radius 2 is 2.20 bits per heavy atom. The summed E-state index contributed by atoms with van der Waals surface area (Å²) in [5.74, 6) is 0. The first-order valence-electron chi connectivity index (χ1n) is 4.55. The lowest BCUT2D eigenvalue weighted by Gasteiger charge is -2.01. The summed E-state index contributed by atoms with van der Waals surface area (Å²) in [4.78, 5) is 5.46. The Balaban J connectivity index is 2.21. The van der Waals surface area contributed by atoms with Crippen LogP contribution in [0.15, 0.2) is 34.4 Å². The lowest BCUT2D eigenvalue weighted by molar-refractivity contribution is 0.766. The van der Waals surface area contributed by atoms with Gasteiger partial charge in [0.05, 0.1) is 22.5 Å². The number of aryl methyl sites for hydroxylation is 2. The predicted octanol–water partition coefficient (Wildman–Crippen LogP) is 1.86. The minimum Gasteiger partial charge on any atom is -0.397 e. The molecule has 4 nitrogen and oxygen atoms in total. The number of aromatic nitrogens is 3. The number of nitrogens with zero attached hydrogens (tertiary/aromatic N) is 3. The van der Waals surface area contributed by atoms with Crippen molar-refractivity contribution in [3.05, 3.63) is 30.2 Å². The van der Waals surface area contributed by atoms with E-state index in [0.29, 0.717) is 0 Å². The molecule has 0 saturated carbocycles. The molecule has 0 aliphatic carbocycles. The highest BCUT2D eigenvalue weighted by Crippen LogP contribution is 2.26. The molecule has 0 spiro atoms. The van der Waals surface area contributed by atoms with Crippen LogP contribution >= 0.6 is 11.8 Å². The molecule has 0 aliphatic rings. The Bertz CT molecular complexity index is 478. The summed E-state index contributed by atoms with van der Waals surface area (Å²) >= 11 is 1.58. The maximum atomic E-state index is 5.70. The third kappa shape index (κ3) is 2.30. The number of rotatable bonds is 2. The van der Waals surface area contributed by atoms with Crippen molar-refractivity contribution in [3.63, 3.8) is 0 Å². The summed E-state index contributed by atoms with van der Waals surface area (Å²) in [6, 6.07) is 3.79. The number of hydrogen-bond acceptors (Lipinski definition) is 4. The maximum absolute atomic E-state index is 5.70. The molecule has 2 rings (SSSR count). The fourth-order valence-electron chi connectivity index (χ4n) is 1.18. The second kappa shape index (κ2) is 3.94. The molecule has 2 aromatic heterocycles. The molecule has 0 saturated heterocycles. The zero-order valence-corrected chi connectivity index (χ0v) is 9.45. The lowest BCUT2D eigenvalue weighted by atomic mass is 10.3. The van der Waals surface area contributed by atoms with Crippen molar-refractivity contribution in [3.8, 4) is 0 Å². The van der Waals surface area contributed by atoms with Crippen molar-refractivity contribution < 1.29 is 0 Å². The smallest absolute Gasteiger partial charge is 0.101 e. The van der Waals surface area contributed by atoms with Gasteiger partial charge in [0.2, 0.25) is 0 Å². The van der Waals surface area contributed by atoms with Crippen molar-refractivity contribution in [2.45, 2.75) is 16.8 Å². The molecule has 5 heteroatoms. The Hall–Kier alpha value is -1.49. The van der Waals surface area contributed by atoms with Crippen LogP contribution in [0.25, 0.3) is 0 Å². The van der Waals surface area contributed by atoms with Gasteiger partial charge < -0.3 is 5.73 Å². The van der Waals surface area contributed by atoms with Crippen LogP contribution < -0.4 is 5.73 Å². The number of pyridine rings is 1. The minimum absolute atomic E-state index is 0.727. The van der Waals surface area contributed by atoms with Crippen LogP contribution in [0.5, 0.6) is 0 Å². The molecule has 0 atom stereocenters. The Morgan fingerprint density at radius 1 is 1.40 bits per heavy atom. The third-order valence-electron chi connectivity index (χ3n) is 2.00. The zero-order valence-electron chi connectivity index (χ0n) is 8.64. The molecule has 0 fully saturated rings.